The van der Waals surface area contributed by atoms with Gasteiger partial charge in [-0.2, -0.15) is 0 Å². The van der Waals surface area contributed by atoms with Gasteiger partial charge in [0.1, 0.15) is 0 Å². The normalized spacial score (nSPS) is 15.5. The monoisotopic (exact) mass is 274 g/mol. The number of nitrogens with two attached hydrogens (primary N) is 1. The van der Waals surface area contributed by atoms with Crippen LogP contribution in [-0.4, -0.2) is 17.9 Å². The first kappa shape index (κ1) is 15.0. The van der Waals surface area contributed by atoms with Crippen molar-refractivity contribution in [3.8, 4) is 0 Å². The van der Waals surface area contributed by atoms with Gasteiger partial charge in [-0.15, -0.1) is 0 Å². The SMILES string of the molecule is CN(Cc1cccc(CN)c1)C(=O)CCC1CCCC1. The molecule has 20 heavy (non-hydrogen) atoms. The van der Waals surface area contributed by atoms with E-state index in [4.69, 9.17) is 5.73 Å². The van der Waals surface area contributed by atoms with Crippen LogP contribution in [0.4, 0.5) is 0 Å². The van der Waals surface area contributed by atoms with Crippen molar-refractivity contribution in [3.05, 3.63) is 35.4 Å². The molecule has 1 saturated carbocycles. The van der Waals surface area contributed by atoms with E-state index in [0.29, 0.717) is 19.5 Å². The van der Waals surface area contributed by atoms with Gasteiger partial charge < -0.3 is 10.6 Å². The van der Waals surface area contributed by atoms with E-state index in [-0.39, 0.29) is 5.91 Å². The van der Waals surface area contributed by atoms with Crippen LogP contribution >= 0.6 is 0 Å². The smallest absolute Gasteiger partial charge is 0.222 e. The topological polar surface area (TPSA) is 46.3 Å². The van der Waals surface area contributed by atoms with Crippen molar-refractivity contribution >= 4 is 5.91 Å². The molecule has 0 unspecified atom stereocenters. The van der Waals surface area contributed by atoms with Gasteiger partial charge in [0.05, 0.1) is 0 Å². The molecule has 1 aliphatic carbocycles. The largest absolute Gasteiger partial charge is 0.341 e. The van der Waals surface area contributed by atoms with Crippen LogP contribution in [0, 0.1) is 5.92 Å². The highest BCUT2D eigenvalue weighted by Gasteiger charge is 2.17. The second kappa shape index (κ2) is 7.44. The Hall–Kier alpha value is -1.35. The number of amides is 1. The maximum atomic E-state index is 12.2. The molecule has 3 heteroatoms. The molecule has 0 radical (unpaired) electrons. The minimum Gasteiger partial charge on any atom is -0.341 e. The molecule has 1 aromatic rings. The summed E-state index contributed by atoms with van der Waals surface area (Å²) in [6, 6.07) is 8.17. The van der Waals surface area contributed by atoms with Gasteiger partial charge in [-0.05, 0) is 23.5 Å². The Bertz CT molecular complexity index is 438. The molecule has 3 nitrogen and oxygen atoms in total. The standard InChI is InChI=1S/C17H26N2O/c1-19(13-16-8-4-7-15(11-16)12-18)17(20)10-9-14-5-2-3-6-14/h4,7-8,11,14H,2-3,5-6,9-10,12-13,18H2,1H3. The summed E-state index contributed by atoms with van der Waals surface area (Å²) in [4.78, 5) is 14.0. The number of nitrogens with zero attached hydrogens (tertiary/aromatic N) is 1. The molecular formula is C17H26N2O. The summed E-state index contributed by atoms with van der Waals surface area (Å²) < 4.78 is 0. The number of hydrogen-bond donors (Lipinski definition) is 1. The maximum Gasteiger partial charge on any atom is 0.222 e. The van der Waals surface area contributed by atoms with E-state index >= 15 is 0 Å². The number of rotatable bonds is 6. The van der Waals surface area contributed by atoms with Crippen LogP contribution in [0.25, 0.3) is 0 Å². The zero-order valence-electron chi connectivity index (χ0n) is 12.5. The molecule has 0 heterocycles. The number of benzene rings is 1. The predicted octanol–water partition coefficient (Wildman–Crippen LogP) is 3.07. The summed E-state index contributed by atoms with van der Waals surface area (Å²) in [7, 11) is 1.89. The Morgan fingerprint density at radius 1 is 1.30 bits per heavy atom. The minimum absolute atomic E-state index is 0.259. The molecule has 110 valence electrons. The molecule has 1 aliphatic rings. The van der Waals surface area contributed by atoms with Crippen LogP contribution in [0.5, 0.6) is 0 Å². The molecule has 0 spiro atoms. The molecule has 1 aromatic carbocycles. The first-order valence-corrected chi connectivity index (χ1v) is 7.71. The van der Waals surface area contributed by atoms with Crippen LogP contribution in [0.15, 0.2) is 24.3 Å². The average molecular weight is 274 g/mol. The van der Waals surface area contributed by atoms with Gasteiger partial charge in [0.15, 0.2) is 0 Å². The van der Waals surface area contributed by atoms with Gasteiger partial charge in [-0.3, -0.25) is 4.79 Å². The van der Waals surface area contributed by atoms with Crippen molar-refractivity contribution in [1.29, 1.82) is 0 Å². The van der Waals surface area contributed by atoms with Gasteiger partial charge in [-0.1, -0.05) is 49.9 Å². The van der Waals surface area contributed by atoms with Crippen molar-refractivity contribution in [2.75, 3.05) is 7.05 Å². The third-order valence-corrected chi connectivity index (χ3v) is 4.31. The molecule has 0 saturated heterocycles. The number of carbonyl (C=O) groups is 1. The first-order valence-electron chi connectivity index (χ1n) is 7.71. The third kappa shape index (κ3) is 4.34. The second-order valence-electron chi connectivity index (χ2n) is 5.96. The molecule has 0 atom stereocenters. The van der Waals surface area contributed by atoms with E-state index in [1.807, 2.05) is 24.1 Å². The summed E-state index contributed by atoms with van der Waals surface area (Å²) in [6.45, 7) is 1.23. The maximum absolute atomic E-state index is 12.2. The van der Waals surface area contributed by atoms with Gasteiger partial charge in [-0.25, -0.2) is 0 Å². The fraction of sp³-hybridized carbons (Fsp3) is 0.588. The molecule has 0 aliphatic heterocycles. The third-order valence-electron chi connectivity index (χ3n) is 4.31. The van der Waals surface area contributed by atoms with Crippen LogP contribution in [0.2, 0.25) is 0 Å². The zero-order valence-corrected chi connectivity index (χ0v) is 12.5. The Morgan fingerprint density at radius 2 is 2.00 bits per heavy atom. The quantitative estimate of drug-likeness (QED) is 0.866. The van der Waals surface area contributed by atoms with Crippen LogP contribution < -0.4 is 5.73 Å². The minimum atomic E-state index is 0.259. The van der Waals surface area contributed by atoms with Crippen molar-refractivity contribution in [3.63, 3.8) is 0 Å². The lowest BCUT2D eigenvalue weighted by Gasteiger charge is -2.18. The Labute approximate surface area is 122 Å². The summed E-state index contributed by atoms with van der Waals surface area (Å²) in [6.07, 6.45) is 7.08. The molecule has 2 rings (SSSR count). The van der Waals surface area contributed by atoms with Gasteiger partial charge in [0.25, 0.3) is 0 Å². The molecule has 2 N–H and O–H groups in total. The lowest BCUT2D eigenvalue weighted by atomic mass is 10.0. The fourth-order valence-electron chi connectivity index (χ4n) is 3.03. The van der Waals surface area contributed by atoms with Gasteiger partial charge in [0, 0.05) is 26.6 Å². The Balaban J connectivity index is 1.80. The van der Waals surface area contributed by atoms with Crippen molar-refractivity contribution in [1.82, 2.24) is 4.90 Å². The highest BCUT2D eigenvalue weighted by Crippen LogP contribution is 2.28. The lowest BCUT2D eigenvalue weighted by Crippen LogP contribution is -2.26. The lowest BCUT2D eigenvalue weighted by molar-refractivity contribution is -0.130. The van der Waals surface area contributed by atoms with Crippen LogP contribution in [-0.2, 0) is 17.9 Å². The van der Waals surface area contributed by atoms with E-state index in [1.165, 1.54) is 25.7 Å². The van der Waals surface area contributed by atoms with E-state index in [9.17, 15) is 4.79 Å². The summed E-state index contributed by atoms with van der Waals surface area (Å²) in [5, 5.41) is 0. The van der Waals surface area contributed by atoms with Crippen molar-refractivity contribution < 1.29 is 4.79 Å². The molecular weight excluding hydrogens is 248 g/mol. The van der Waals surface area contributed by atoms with Gasteiger partial charge in [0.2, 0.25) is 5.91 Å². The van der Waals surface area contributed by atoms with Crippen molar-refractivity contribution in [2.45, 2.75) is 51.6 Å². The summed E-state index contributed by atoms with van der Waals surface area (Å²) in [5.74, 6) is 1.04. The summed E-state index contributed by atoms with van der Waals surface area (Å²) in [5.41, 5.74) is 7.92. The second-order valence-corrected chi connectivity index (χ2v) is 5.96. The van der Waals surface area contributed by atoms with Crippen molar-refractivity contribution in [2.24, 2.45) is 11.7 Å². The van der Waals surface area contributed by atoms with Crippen LogP contribution in [0.3, 0.4) is 0 Å². The highest BCUT2D eigenvalue weighted by atomic mass is 16.2. The molecule has 1 fully saturated rings. The van der Waals surface area contributed by atoms with E-state index < -0.39 is 0 Å². The number of carbonyl (C=O) groups excluding carboxylic acids is 1. The zero-order chi connectivity index (χ0) is 14.4. The van der Waals surface area contributed by atoms with Crippen LogP contribution in [0.1, 0.15) is 49.7 Å². The van der Waals surface area contributed by atoms with Gasteiger partial charge >= 0.3 is 0 Å². The van der Waals surface area contributed by atoms with E-state index in [1.54, 1.807) is 0 Å². The van der Waals surface area contributed by atoms with E-state index in [2.05, 4.69) is 12.1 Å². The van der Waals surface area contributed by atoms with E-state index in [0.717, 1.165) is 23.5 Å². The Kier molecular flexibility index (Phi) is 5.60. The molecule has 0 aromatic heterocycles. The predicted molar refractivity (Wildman–Crippen MR) is 82.0 cm³/mol. The molecule has 0 bridgehead atoms. The number of hydrogen-bond acceptors (Lipinski definition) is 2. The fourth-order valence-corrected chi connectivity index (χ4v) is 3.03. The summed E-state index contributed by atoms with van der Waals surface area (Å²) >= 11 is 0. The molecule has 1 amide bonds. The first-order chi connectivity index (χ1) is 9.69. The Morgan fingerprint density at radius 3 is 2.70 bits per heavy atom. The highest BCUT2D eigenvalue weighted by molar-refractivity contribution is 5.75. The average Bonchev–Trinajstić information content (AvgIpc) is 2.98.